The number of carbonyl (C=O) groups is 2. The van der Waals surface area contributed by atoms with Gasteiger partial charge in [-0.15, -0.1) is 0 Å². The van der Waals surface area contributed by atoms with Crippen LogP contribution in [0.25, 0.3) is 0 Å². The van der Waals surface area contributed by atoms with Crippen molar-refractivity contribution in [3.8, 4) is 0 Å². The van der Waals surface area contributed by atoms with Crippen molar-refractivity contribution in [3.05, 3.63) is 0 Å². The lowest BCUT2D eigenvalue weighted by Crippen LogP contribution is -2.45. The molecule has 2 aliphatic heterocycles. The fraction of sp³-hybridized carbons (Fsp3) is 0.833. The Morgan fingerprint density at radius 2 is 2.33 bits per heavy atom. The second kappa shape index (κ2) is 5.14. The van der Waals surface area contributed by atoms with Crippen molar-refractivity contribution in [2.45, 2.75) is 31.8 Å². The van der Waals surface area contributed by atoms with Crippen molar-refractivity contribution in [1.29, 1.82) is 0 Å². The van der Waals surface area contributed by atoms with Gasteiger partial charge in [0.25, 0.3) is 0 Å². The molecule has 2 aliphatic rings. The fourth-order valence-corrected chi connectivity index (χ4v) is 2.50. The minimum absolute atomic E-state index is 0.185. The molecule has 0 aromatic carbocycles. The Morgan fingerprint density at radius 3 is 2.89 bits per heavy atom. The number of aliphatic carboxylic acids is 1. The minimum Gasteiger partial charge on any atom is -0.481 e. The van der Waals surface area contributed by atoms with Crippen LogP contribution in [0.5, 0.6) is 0 Å². The first kappa shape index (κ1) is 13.1. The lowest BCUT2D eigenvalue weighted by atomic mass is 10.0. The van der Waals surface area contributed by atoms with Crippen molar-refractivity contribution in [3.63, 3.8) is 0 Å². The molecule has 0 saturated carbocycles. The van der Waals surface area contributed by atoms with E-state index in [1.54, 1.807) is 4.90 Å². The maximum Gasteiger partial charge on any atom is 0.317 e. The Morgan fingerprint density at radius 1 is 1.56 bits per heavy atom. The summed E-state index contributed by atoms with van der Waals surface area (Å²) in [6.07, 6.45) is 2.51. The van der Waals surface area contributed by atoms with E-state index in [0.717, 1.165) is 19.4 Å². The molecule has 0 aromatic rings. The maximum atomic E-state index is 11.9. The number of carbonyl (C=O) groups excluding carboxylic acids is 1. The summed E-state index contributed by atoms with van der Waals surface area (Å²) in [5.41, 5.74) is -0.262. The molecular weight excluding hydrogens is 236 g/mol. The quantitative estimate of drug-likeness (QED) is 0.778. The number of carboxylic acid groups (broad SMARTS) is 1. The molecule has 2 unspecified atom stereocenters. The maximum absolute atomic E-state index is 11.9. The summed E-state index contributed by atoms with van der Waals surface area (Å²) in [4.78, 5) is 24.3. The number of nitrogens with one attached hydrogen (secondary N) is 1. The van der Waals surface area contributed by atoms with Crippen LogP contribution in [0.4, 0.5) is 4.79 Å². The molecule has 102 valence electrons. The third-order valence-electron chi connectivity index (χ3n) is 3.74. The van der Waals surface area contributed by atoms with Crippen LogP contribution in [0.3, 0.4) is 0 Å². The van der Waals surface area contributed by atoms with E-state index in [-0.39, 0.29) is 11.6 Å². The van der Waals surface area contributed by atoms with Crippen LogP contribution in [-0.2, 0) is 9.53 Å². The Bertz CT molecular complexity index is 339. The lowest BCUT2D eigenvalue weighted by Gasteiger charge is -2.25. The molecule has 2 N–H and O–H groups in total. The van der Waals surface area contributed by atoms with E-state index in [2.05, 4.69) is 5.32 Å². The summed E-state index contributed by atoms with van der Waals surface area (Å²) in [6.45, 7) is 4.04. The molecule has 6 nitrogen and oxygen atoms in total. The summed E-state index contributed by atoms with van der Waals surface area (Å²) in [5.74, 6) is -1.24. The van der Waals surface area contributed by atoms with Crippen LogP contribution < -0.4 is 5.32 Å². The molecule has 2 heterocycles. The van der Waals surface area contributed by atoms with Crippen molar-refractivity contribution < 1.29 is 19.4 Å². The summed E-state index contributed by atoms with van der Waals surface area (Å²) < 4.78 is 5.59. The van der Waals surface area contributed by atoms with Gasteiger partial charge in [-0.25, -0.2) is 4.79 Å². The van der Waals surface area contributed by atoms with Gasteiger partial charge in [0.2, 0.25) is 0 Å². The molecular formula is C12H20N2O4. The fourth-order valence-electron chi connectivity index (χ4n) is 2.50. The van der Waals surface area contributed by atoms with Gasteiger partial charge in [0, 0.05) is 26.2 Å². The molecule has 2 fully saturated rings. The van der Waals surface area contributed by atoms with Gasteiger partial charge in [0.1, 0.15) is 0 Å². The van der Waals surface area contributed by atoms with Gasteiger partial charge in [-0.05, 0) is 26.2 Å². The SMILES string of the molecule is CC1(CNC(=O)N2CCC(C(=O)O)C2)CCCO1. The van der Waals surface area contributed by atoms with Gasteiger partial charge in [-0.2, -0.15) is 0 Å². The summed E-state index contributed by atoms with van der Waals surface area (Å²) in [7, 11) is 0. The number of hydrogen-bond donors (Lipinski definition) is 2. The molecule has 2 rings (SSSR count). The normalized spacial score (nSPS) is 31.6. The van der Waals surface area contributed by atoms with Crippen LogP contribution in [-0.4, -0.2) is 53.8 Å². The van der Waals surface area contributed by atoms with Gasteiger partial charge in [0.05, 0.1) is 11.5 Å². The number of carboxylic acids is 1. The zero-order chi connectivity index (χ0) is 13.2. The van der Waals surface area contributed by atoms with Crippen LogP contribution >= 0.6 is 0 Å². The highest BCUT2D eigenvalue weighted by atomic mass is 16.5. The van der Waals surface area contributed by atoms with E-state index < -0.39 is 11.9 Å². The average molecular weight is 256 g/mol. The second-order valence-electron chi connectivity index (χ2n) is 5.33. The van der Waals surface area contributed by atoms with Crippen LogP contribution in [0.1, 0.15) is 26.2 Å². The molecule has 0 spiro atoms. The Labute approximate surface area is 106 Å². The van der Waals surface area contributed by atoms with Crippen molar-refractivity contribution >= 4 is 12.0 Å². The molecule has 18 heavy (non-hydrogen) atoms. The first-order chi connectivity index (χ1) is 8.50. The topological polar surface area (TPSA) is 78.9 Å². The summed E-state index contributed by atoms with van der Waals surface area (Å²) in [6, 6.07) is -0.185. The van der Waals surface area contributed by atoms with E-state index in [0.29, 0.717) is 26.1 Å². The van der Waals surface area contributed by atoms with Gasteiger partial charge in [0.15, 0.2) is 0 Å². The highest BCUT2D eigenvalue weighted by molar-refractivity contribution is 5.77. The van der Waals surface area contributed by atoms with Gasteiger partial charge in [-0.1, -0.05) is 0 Å². The Balaban J connectivity index is 1.77. The highest BCUT2D eigenvalue weighted by Gasteiger charge is 2.33. The number of hydrogen-bond acceptors (Lipinski definition) is 3. The second-order valence-corrected chi connectivity index (χ2v) is 5.33. The van der Waals surface area contributed by atoms with Crippen molar-refractivity contribution in [1.82, 2.24) is 10.2 Å². The van der Waals surface area contributed by atoms with Gasteiger partial charge >= 0.3 is 12.0 Å². The standard InChI is InChI=1S/C12H20N2O4/c1-12(4-2-6-18-12)8-13-11(17)14-5-3-9(7-14)10(15)16/h9H,2-8H2,1H3,(H,13,17)(H,15,16). The molecule has 2 amide bonds. The number of urea groups is 1. The number of nitrogens with zero attached hydrogens (tertiary/aromatic N) is 1. The molecule has 0 aliphatic carbocycles. The molecule has 2 saturated heterocycles. The minimum atomic E-state index is -0.823. The third-order valence-corrected chi connectivity index (χ3v) is 3.74. The Hall–Kier alpha value is -1.30. The number of ether oxygens (including phenoxy) is 1. The molecule has 2 atom stereocenters. The van der Waals surface area contributed by atoms with Crippen LogP contribution in [0, 0.1) is 5.92 Å². The van der Waals surface area contributed by atoms with E-state index in [9.17, 15) is 9.59 Å². The molecule has 0 radical (unpaired) electrons. The first-order valence-electron chi connectivity index (χ1n) is 6.40. The largest absolute Gasteiger partial charge is 0.481 e. The smallest absolute Gasteiger partial charge is 0.317 e. The highest BCUT2D eigenvalue weighted by Crippen LogP contribution is 2.24. The first-order valence-corrected chi connectivity index (χ1v) is 6.40. The van der Waals surface area contributed by atoms with Crippen molar-refractivity contribution in [2.24, 2.45) is 5.92 Å². The van der Waals surface area contributed by atoms with Gasteiger partial charge in [-0.3, -0.25) is 4.79 Å². The lowest BCUT2D eigenvalue weighted by molar-refractivity contribution is -0.141. The monoisotopic (exact) mass is 256 g/mol. The third kappa shape index (κ3) is 2.93. The van der Waals surface area contributed by atoms with E-state index >= 15 is 0 Å². The van der Waals surface area contributed by atoms with E-state index in [1.807, 2.05) is 6.92 Å². The van der Waals surface area contributed by atoms with Gasteiger partial charge < -0.3 is 20.1 Å². The molecule has 6 heteroatoms. The van der Waals surface area contributed by atoms with Crippen LogP contribution in [0.15, 0.2) is 0 Å². The predicted molar refractivity (Wildman–Crippen MR) is 64.3 cm³/mol. The molecule has 0 bridgehead atoms. The van der Waals surface area contributed by atoms with Crippen LogP contribution in [0.2, 0.25) is 0 Å². The number of rotatable bonds is 3. The average Bonchev–Trinajstić information content (AvgIpc) is 2.95. The van der Waals surface area contributed by atoms with E-state index in [4.69, 9.17) is 9.84 Å². The Kier molecular flexibility index (Phi) is 3.75. The number of amides is 2. The molecule has 0 aromatic heterocycles. The van der Waals surface area contributed by atoms with E-state index in [1.165, 1.54) is 0 Å². The zero-order valence-electron chi connectivity index (χ0n) is 10.6. The predicted octanol–water partition coefficient (Wildman–Crippen LogP) is 0.672. The summed E-state index contributed by atoms with van der Waals surface area (Å²) in [5, 5.41) is 11.7. The zero-order valence-corrected chi connectivity index (χ0v) is 10.6. The number of likely N-dealkylation sites (tertiary alicyclic amines) is 1. The van der Waals surface area contributed by atoms with Crippen molar-refractivity contribution in [2.75, 3.05) is 26.2 Å². The summed E-state index contributed by atoms with van der Waals surface area (Å²) >= 11 is 0.